The van der Waals surface area contributed by atoms with Gasteiger partial charge in [-0.15, -0.1) is 0 Å². The number of morpholine rings is 2. The van der Waals surface area contributed by atoms with E-state index in [1.807, 2.05) is 0 Å². The van der Waals surface area contributed by atoms with Gasteiger partial charge < -0.3 is 24.4 Å². The van der Waals surface area contributed by atoms with Gasteiger partial charge in [0.05, 0.1) is 25.9 Å². The van der Waals surface area contributed by atoms with Crippen molar-refractivity contribution in [2.24, 2.45) is 10.4 Å². The van der Waals surface area contributed by atoms with Crippen LogP contribution >= 0.6 is 0 Å². The Morgan fingerprint density at radius 3 is 2.50 bits per heavy atom. The maximum Gasteiger partial charge on any atom is 0.194 e. The number of nitrogens with zero attached hydrogens (tertiary/aromatic N) is 3. The van der Waals surface area contributed by atoms with Crippen LogP contribution in [0, 0.1) is 5.41 Å². The van der Waals surface area contributed by atoms with Crippen molar-refractivity contribution in [1.82, 2.24) is 15.1 Å². The average Bonchev–Trinajstić information content (AvgIpc) is 3.33. The Labute approximate surface area is 182 Å². The Hall–Kier alpha value is -0.890. The number of aliphatic imine (C=N–C) groups is 1. The van der Waals surface area contributed by atoms with E-state index in [9.17, 15) is 0 Å². The Bertz CT molecular complexity index is 541. The lowest BCUT2D eigenvalue weighted by Gasteiger charge is -2.42. The van der Waals surface area contributed by atoms with E-state index in [2.05, 4.69) is 22.0 Å². The van der Waals surface area contributed by atoms with E-state index in [1.165, 1.54) is 38.6 Å². The molecular weight excluding hydrogens is 380 g/mol. The molecule has 0 amide bonds. The number of guanidine groups is 1. The third kappa shape index (κ3) is 5.87. The van der Waals surface area contributed by atoms with E-state index < -0.39 is 0 Å². The fourth-order valence-corrected chi connectivity index (χ4v) is 5.56. The molecule has 172 valence electrons. The Balaban J connectivity index is 1.42. The van der Waals surface area contributed by atoms with Crippen molar-refractivity contribution in [1.29, 1.82) is 0 Å². The first kappa shape index (κ1) is 22.3. The largest absolute Gasteiger partial charge is 0.379 e. The summed E-state index contributed by atoms with van der Waals surface area (Å²) in [6.07, 6.45) is 9.36. The van der Waals surface area contributed by atoms with Crippen LogP contribution < -0.4 is 5.32 Å². The first-order valence-electron chi connectivity index (χ1n) is 12.3. The zero-order valence-electron chi connectivity index (χ0n) is 18.9. The SMILES string of the molecule is CCNC(=NCC1(CN2CCOCC2)CCCCC1)N1CCOC(C2CCCO2)C1. The van der Waals surface area contributed by atoms with E-state index >= 15 is 0 Å². The van der Waals surface area contributed by atoms with Crippen molar-refractivity contribution in [3.05, 3.63) is 0 Å². The molecule has 2 atom stereocenters. The Kier molecular flexibility index (Phi) is 8.27. The first-order chi connectivity index (χ1) is 14.8. The smallest absolute Gasteiger partial charge is 0.194 e. The highest BCUT2D eigenvalue weighted by Gasteiger charge is 2.36. The van der Waals surface area contributed by atoms with Gasteiger partial charge in [-0.1, -0.05) is 19.3 Å². The molecule has 0 bridgehead atoms. The fraction of sp³-hybridized carbons (Fsp3) is 0.957. The molecule has 7 heteroatoms. The van der Waals surface area contributed by atoms with Crippen LogP contribution in [0.2, 0.25) is 0 Å². The Morgan fingerprint density at radius 2 is 1.77 bits per heavy atom. The molecule has 2 unspecified atom stereocenters. The first-order valence-corrected chi connectivity index (χ1v) is 12.3. The van der Waals surface area contributed by atoms with E-state index in [-0.39, 0.29) is 12.2 Å². The van der Waals surface area contributed by atoms with Crippen molar-refractivity contribution < 1.29 is 14.2 Å². The molecule has 4 aliphatic rings. The second-order valence-electron chi connectivity index (χ2n) is 9.53. The van der Waals surface area contributed by atoms with Crippen LogP contribution in [0.25, 0.3) is 0 Å². The summed E-state index contributed by atoms with van der Waals surface area (Å²) in [4.78, 5) is 10.3. The molecule has 30 heavy (non-hydrogen) atoms. The van der Waals surface area contributed by atoms with Gasteiger partial charge in [0.2, 0.25) is 0 Å². The minimum Gasteiger partial charge on any atom is -0.379 e. The minimum absolute atomic E-state index is 0.169. The van der Waals surface area contributed by atoms with E-state index in [0.29, 0.717) is 5.41 Å². The van der Waals surface area contributed by atoms with Gasteiger partial charge in [-0.2, -0.15) is 0 Å². The molecule has 1 N–H and O–H groups in total. The molecule has 3 aliphatic heterocycles. The number of ether oxygens (including phenoxy) is 3. The molecule has 0 aromatic carbocycles. The van der Waals surface area contributed by atoms with E-state index in [4.69, 9.17) is 19.2 Å². The van der Waals surface area contributed by atoms with Crippen LogP contribution in [-0.2, 0) is 14.2 Å². The van der Waals surface area contributed by atoms with Crippen LogP contribution in [0.4, 0.5) is 0 Å². The summed E-state index contributed by atoms with van der Waals surface area (Å²) in [6.45, 7) is 12.5. The highest BCUT2D eigenvalue weighted by Crippen LogP contribution is 2.37. The van der Waals surface area contributed by atoms with Crippen LogP contribution in [0.3, 0.4) is 0 Å². The summed E-state index contributed by atoms with van der Waals surface area (Å²) in [5.41, 5.74) is 0.316. The highest BCUT2D eigenvalue weighted by molar-refractivity contribution is 5.80. The minimum atomic E-state index is 0.169. The third-order valence-corrected chi connectivity index (χ3v) is 7.25. The van der Waals surface area contributed by atoms with Crippen molar-refractivity contribution in [2.75, 3.05) is 72.2 Å². The number of hydrogen-bond donors (Lipinski definition) is 1. The molecule has 0 radical (unpaired) electrons. The molecule has 7 nitrogen and oxygen atoms in total. The molecular formula is C23H42N4O3. The monoisotopic (exact) mass is 422 g/mol. The van der Waals surface area contributed by atoms with Gasteiger partial charge >= 0.3 is 0 Å². The fourth-order valence-electron chi connectivity index (χ4n) is 5.56. The number of hydrogen-bond acceptors (Lipinski definition) is 5. The number of rotatable bonds is 6. The van der Waals surface area contributed by atoms with Crippen LogP contribution in [0.1, 0.15) is 51.9 Å². The van der Waals surface area contributed by atoms with Gasteiger partial charge in [0.15, 0.2) is 5.96 Å². The quantitative estimate of drug-likeness (QED) is 0.523. The predicted octanol–water partition coefficient (Wildman–Crippen LogP) is 2.11. The molecule has 3 saturated heterocycles. The molecule has 3 heterocycles. The number of nitrogens with one attached hydrogen (secondary N) is 1. The van der Waals surface area contributed by atoms with Crippen LogP contribution in [-0.4, -0.2) is 100 Å². The predicted molar refractivity (Wildman–Crippen MR) is 119 cm³/mol. The van der Waals surface area contributed by atoms with Gasteiger partial charge in [0.25, 0.3) is 0 Å². The van der Waals surface area contributed by atoms with Crippen molar-refractivity contribution in [3.8, 4) is 0 Å². The molecule has 0 aromatic rings. The summed E-state index contributed by atoms with van der Waals surface area (Å²) >= 11 is 0. The van der Waals surface area contributed by atoms with Crippen molar-refractivity contribution in [3.63, 3.8) is 0 Å². The van der Waals surface area contributed by atoms with Crippen LogP contribution in [0.5, 0.6) is 0 Å². The third-order valence-electron chi connectivity index (χ3n) is 7.25. The summed E-state index contributed by atoms with van der Waals surface area (Å²) in [5.74, 6) is 1.07. The van der Waals surface area contributed by atoms with Gasteiger partial charge in [0, 0.05) is 57.8 Å². The molecule has 0 aromatic heterocycles. The molecule has 4 fully saturated rings. The molecule has 1 aliphatic carbocycles. The van der Waals surface area contributed by atoms with Gasteiger partial charge in [-0.05, 0) is 32.6 Å². The summed E-state index contributed by atoms with van der Waals surface area (Å²) in [7, 11) is 0. The zero-order valence-corrected chi connectivity index (χ0v) is 18.9. The van der Waals surface area contributed by atoms with Gasteiger partial charge in [-0.3, -0.25) is 9.89 Å². The van der Waals surface area contributed by atoms with Crippen molar-refractivity contribution >= 4 is 5.96 Å². The second-order valence-corrected chi connectivity index (χ2v) is 9.53. The molecule has 4 rings (SSSR count). The van der Waals surface area contributed by atoms with Crippen molar-refractivity contribution in [2.45, 2.75) is 64.1 Å². The zero-order chi connectivity index (χ0) is 20.7. The summed E-state index contributed by atoms with van der Waals surface area (Å²) in [5, 5.41) is 3.57. The van der Waals surface area contributed by atoms with Gasteiger partial charge in [-0.25, -0.2) is 0 Å². The van der Waals surface area contributed by atoms with E-state index in [1.54, 1.807) is 0 Å². The highest BCUT2D eigenvalue weighted by atomic mass is 16.5. The maximum absolute atomic E-state index is 6.07. The topological polar surface area (TPSA) is 58.6 Å². The van der Waals surface area contributed by atoms with E-state index in [0.717, 1.165) is 84.5 Å². The second kappa shape index (κ2) is 11.1. The summed E-state index contributed by atoms with van der Waals surface area (Å²) < 4.78 is 17.6. The molecule has 1 saturated carbocycles. The normalized spacial score (nSPS) is 31.1. The Morgan fingerprint density at radius 1 is 0.967 bits per heavy atom. The average molecular weight is 423 g/mol. The molecule has 0 spiro atoms. The van der Waals surface area contributed by atoms with Crippen LogP contribution in [0.15, 0.2) is 4.99 Å². The lowest BCUT2D eigenvalue weighted by atomic mass is 9.73. The standard InChI is InChI=1S/C23H42N4O3/c1-2-24-22(27-12-16-30-21(17-27)20-7-6-13-29-20)25-18-23(8-4-3-5-9-23)19-26-10-14-28-15-11-26/h20-21H,2-19H2,1H3,(H,24,25). The van der Waals surface area contributed by atoms with Gasteiger partial charge in [0.1, 0.15) is 6.10 Å². The summed E-state index contributed by atoms with van der Waals surface area (Å²) in [6, 6.07) is 0. The maximum atomic E-state index is 6.07. The lowest BCUT2D eigenvalue weighted by molar-refractivity contribution is -0.0817. The lowest BCUT2D eigenvalue weighted by Crippen LogP contribution is -2.53.